The van der Waals surface area contributed by atoms with Crippen LogP contribution in [0.4, 0.5) is 17.1 Å². The van der Waals surface area contributed by atoms with E-state index in [1.165, 1.54) is 19.4 Å². The van der Waals surface area contributed by atoms with Crippen molar-refractivity contribution in [1.29, 1.82) is 0 Å². The summed E-state index contributed by atoms with van der Waals surface area (Å²) >= 11 is 0. The summed E-state index contributed by atoms with van der Waals surface area (Å²) in [4.78, 5) is 31.2. The van der Waals surface area contributed by atoms with Crippen molar-refractivity contribution in [1.82, 2.24) is 4.98 Å². The lowest BCUT2D eigenvalue weighted by molar-refractivity contribution is 0.102. The molecular formula is C22H22N4O3. The van der Waals surface area contributed by atoms with Crippen LogP contribution >= 0.6 is 0 Å². The summed E-state index contributed by atoms with van der Waals surface area (Å²) in [6.45, 7) is 0. The van der Waals surface area contributed by atoms with Crippen LogP contribution in [0.1, 0.15) is 20.8 Å². The Kier molecular flexibility index (Phi) is 6.09. The Morgan fingerprint density at radius 1 is 0.931 bits per heavy atom. The molecule has 0 saturated heterocycles. The van der Waals surface area contributed by atoms with Gasteiger partial charge in [0.05, 0.1) is 12.8 Å². The molecule has 0 fully saturated rings. The number of nitrogens with zero attached hydrogens (tertiary/aromatic N) is 2. The van der Waals surface area contributed by atoms with Crippen LogP contribution in [0.3, 0.4) is 0 Å². The molecule has 2 amide bonds. The van der Waals surface area contributed by atoms with Gasteiger partial charge >= 0.3 is 0 Å². The number of amides is 2. The molecule has 0 atom stereocenters. The summed E-state index contributed by atoms with van der Waals surface area (Å²) in [7, 11) is 5.42. The van der Waals surface area contributed by atoms with E-state index in [2.05, 4.69) is 15.6 Å². The van der Waals surface area contributed by atoms with Crippen LogP contribution < -0.4 is 20.3 Å². The first kappa shape index (κ1) is 19.9. The second-order valence-electron chi connectivity index (χ2n) is 6.48. The van der Waals surface area contributed by atoms with Crippen molar-refractivity contribution in [3.63, 3.8) is 0 Å². The maximum Gasteiger partial charge on any atom is 0.274 e. The number of benzene rings is 2. The van der Waals surface area contributed by atoms with Gasteiger partial charge in [0, 0.05) is 37.2 Å². The molecule has 3 rings (SSSR count). The van der Waals surface area contributed by atoms with Gasteiger partial charge in [0.25, 0.3) is 11.8 Å². The lowest BCUT2D eigenvalue weighted by Crippen LogP contribution is -2.17. The van der Waals surface area contributed by atoms with Gasteiger partial charge in [-0.25, -0.2) is 0 Å². The molecule has 7 nitrogen and oxygen atoms in total. The molecule has 0 spiro atoms. The molecule has 2 aromatic carbocycles. The quantitative estimate of drug-likeness (QED) is 0.671. The number of para-hydroxylation sites is 2. The van der Waals surface area contributed by atoms with Gasteiger partial charge in [0.2, 0.25) is 0 Å². The molecule has 148 valence electrons. The van der Waals surface area contributed by atoms with Crippen LogP contribution in [-0.2, 0) is 0 Å². The van der Waals surface area contributed by atoms with Crippen molar-refractivity contribution in [2.24, 2.45) is 0 Å². The van der Waals surface area contributed by atoms with Crippen molar-refractivity contribution >= 4 is 28.9 Å². The van der Waals surface area contributed by atoms with E-state index in [1.54, 1.807) is 24.3 Å². The van der Waals surface area contributed by atoms with Crippen molar-refractivity contribution in [2.45, 2.75) is 0 Å². The lowest BCUT2D eigenvalue weighted by Gasteiger charge is -2.13. The minimum absolute atomic E-state index is 0.131. The highest BCUT2D eigenvalue weighted by Crippen LogP contribution is 2.23. The minimum atomic E-state index is -0.431. The van der Waals surface area contributed by atoms with Crippen molar-refractivity contribution in [2.75, 3.05) is 36.7 Å². The fourth-order valence-corrected chi connectivity index (χ4v) is 2.68. The molecule has 0 radical (unpaired) electrons. The molecule has 0 unspecified atom stereocenters. The summed E-state index contributed by atoms with van der Waals surface area (Å²) in [5, 5.41) is 5.57. The fourth-order valence-electron chi connectivity index (χ4n) is 2.68. The Morgan fingerprint density at radius 3 is 2.34 bits per heavy atom. The number of methoxy groups -OCH3 is 1. The number of aromatic nitrogens is 1. The second-order valence-corrected chi connectivity index (χ2v) is 6.48. The van der Waals surface area contributed by atoms with E-state index in [9.17, 15) is 9.59 Å². The fraction of sp³-hybridized carbons (Fsp3) is 0.136. The molecule has 0 bridgehead atoms. The Balaban J connectivity index is 1.72. The summed E-state index contributed by atoms with van der Waals surface area (Å²) in [6.07, 6.45) is 1.43. The number of hydrogen-bond donors (Lipinski definition) is 2. The third-order valence-electron chi connectivity index (χ3n) is 4.25. The first-order valence-corrected chi connectivity index (χ1v) is 8.97. The summed E-state index contributed by atoms with van der Waals surface area (Å²) in [5.41, 5.74) is 2.69. The lowest BCUT2D eigenvalue weighted by atomic mass is 10.2. The van der Waals surface area contributed by atoms with Crippen LogP contribution in [0.15, 0.2) is 66.9 Å². The standard InChI is InChI=1S/C22H22N4O3/c1-26(2)17-10-8-16(9-11-17)24-21(27)15-12-13-23-19(14-15)22(28)25-18-6-4-5-7-20(18)29-3/h4-14H,1-3H3,(H,24,27)(H,25,28). The molecule has 1 aromatic heterocycles. The average molecular weight is 390 g/mol. The van der Waals surface area contributed by atoms with Gasteiger partial charge in [-0.15, -0.1) is 0 Å². The molecule has 7 heteroatoms. The maximum absolute atomic E-state index is 12.6. The number of hydrogen-bond acceptors (Lipinski definition) is 5. The summed E-state index contributed by atoms with van der Waals surface area (Å²) in [5.74, 6) is -0.216. The highest BCUT2D eigenvalue weighted by Gasteiger charge is 2.14. The van der Waals surface area contributed by atoms with E-state index in [0.29, 0.717) is 22.7 Å². The van der Waals surface area contributed by atoms with E-state index in [-0.39, 0.29) is 11.6 Å². The zero-order valence-electron chi connectivity index (χ0n) is 16.5. The first-order chi connectivity index (χ1) is 14.0. The maximum atomic E-state index is 12.6. The van der Waals surface area contributed by atoms with Gasteiger partial charge in [0.1, 0.15) is 11.4 Å². The zero-order chi connectivity index (χ0) is 20.8. The van der Waals surface area contributed by atoms with Crippen LogP contribution in [0.25, 0.3) is 0 Å². The average Bonchev–Trinajstić information content (AvgIpc) is 2.74. The number of carbonyl (C=O) groups is 2. The van der Waals surface area contributed by atoms with Crippen molar-refractivity contribution in [3.8, 4) is 5.75 Å². The molecule has 0 saturated carbocycles. The molecule has 29 heavy (non-hydrogen) atoms. The topological polar surface area (TPSA) is 83.6 Å². The smallest absolute Gasteiger partial charge is 0.274 e. The number of anilines is 3. The number of carbonyl (C=O) groups excluding carboxylic acids is 2. The highest BCUT2D eigenvalue weighted by atomic mass is 16.5. The van der Waals surface area contributed by atoms with Gasteiger partial charge in [-0.2, -0.15) is 0 Å². The molecule has 0 aliphatic heterocycles. The van der Waals surface area contributed by atoms with Gasteiger partial charge in [0.15, 0.2) is 0 Å². The molecule has 1 heterocycles. The van der Waals surface area contributed by atoms with Gasteiger partial charge in [-0.05, 0) is 48.5 Å². The van der Waals surface area contributed by atoms with E-state index in [0.717, 1.165) is 5.69 Å². The first-order valence-electron chi connectivity index (χ1n) is 8.97. The molecule has 0 aliphatic carbocycles. The van der Waals surface area contributed by atoms with Crippen LogP contribution in [0.5, 0.6) is 5.75 Å². The molecule has 0 aliphatic rings. The molecular weight excluding hydrogens is 368 g/mol. The van der Waals surface area contributed by atoms with Crippen molar-refractivity contribution in [3.05, 3.63) is 78.1 Å². The SMILES string of the molecule is COc1ccccc1NC(=O)c1cc(C(=O)Nc2ccc(N(C)C)cc2)ccn1. The Morgan fingerprint density at radius 2 is 1.66 bits per heavy atom. The predicted molar refractivity (Wildman–Crippen MR) is 114 cm³/mol. The predicted octanol–water partition coefficient (Wildman–Crippen LogP) is 3.66. The number of nitrogens with one attached hydrogen (secondary N) is 2. The normalized spacial score (nSPS) is 10.2. The minimum Gasteiger partial charge on any atom is -0.495 e. The second kappa shape index (κ2) is 8.88. The van der Waals surface area contributed by atoms with Gasteiger partial charge in [-0.1, -0.05) is 12.1 Å². The van der Waals surface area contributed by atoms with Gasteiger partial charge in [-0.3, -0.25) is 14.6 Å². The summed E-state index contributed by atoms with van der Waals surface area (Å²) < 4.78 is 5.23. The van der Waals surface area contributed by atoms with Crippen LogP contribution in [0, 0.1) is 0 Å². The number of pyridine rings is 1. The van der Waals surface area contributed by atoms with Crippen LogP contribution in [-0.4, -0.2) is 38.0 Å². The highest BCUT2D eigenvalue weighted by molar-refractivity contribution is 6.08. The van der Waals surface area contributed by atoms with Crippen molar-refractivity contribution < 1.29 is 14.3 Å². The third-order valence-corrected chi connectivity index (χ3v) is 4.25. The number of ether oxygens (including phenoxy) is 1. The van der Waals surface area contributed by atoms with Gasteiger partial charge < -0.3 is 20.3 Å². The zero-order valence-corrected chi connectivity index (χ0v) is 16.5. The van der Waals surface area contributed by atoms with E-state index in [1.807, 2.05) is 49.3 Å². The molecule has 3 aromatic rings. The van der Waals surface area contributed by atoms with Crippen LogP contribution in [0.2, 0.25) is 0 Å². The summed E-state index contributed by atoms with van der Waals surface area (Å²) in [6, 6.07) is 17.5. The largest absolute Gasteiger partial charge is 0.495 e. The number of rotatable bonds is 6. The van der Waals surface area contributed by atoms with E-state index in [4.69, 9.17) is 4.74 Å². The molecule has 2 N–H and O–H groups in total. The third kappa shape index (κ3) is 4.90. The van der Waals surface area contributed by atoms with E-state index < -0.39 is 5.91 Å². The Labute approximate surface area is 169 Å². The Hall–Kier alpha value is -3.87. The van der Waals surface area contributed by atoms with E-state index >= 15 is 0 Å². The Bertz CT molecular complexity index is 1020. The monoisotopic (exact) mass is 390 g/mol.